The third kappa shape index (κ3) is 2.17. The van der Waals surface area contributed by atoms with Gasteiger partial charge < -0.3 is 9.84 Å². The molecule has 0 saturated heterocycles. The van der Waals surface area contributed by atoms with Crippen LogP contribution in [0, 0.1) is 6.92 Å². The SMILES string of the molecule is CCOC(=O)c1c2cccccc-2c(C(=O)O)c1C. The van der Waals surface area contributed by atoms with E-state index in [-0.39, 0.29) is 12.2 Å². The molecule has 2 rings (SSSR count). The van der Waals surface area contributed by atoms with Gasteiger partial charge in [0.05, 0.1) is 17.7 Å². The maximum atomic E-state index is 12.0. The van der Waals surface area contributed by atoms with Crippen molar-refractivity contribution in [3.05, 3.63) is 47.0 Å². The van der Waals surface area contributed by atoms with Crippen LogP contribution in [0.1, 0.15) is 33.2 Å². The number of carboxylic acids is 1. The van der Waals surface area contributed by atoms with Crippen molar-refractivity contribution in [2.24, 2.45) is 0 Å². The molecule has 2 aliphatic carbocycles. The lowest BCUT2D eigenvalue weighted by molar-refractivity contribution is 0.0527. The van der Waals surface area contributed by atoms with Crippen LogP contribution in [0.25, 0.3) is 11.1 Å². The average Bonchev–Trinajstić information content (AvgIpc) is 2.49. The first-order valence-corrected chi connectivity index (χ1v) is 5.99. The van der Waals surface area contributed by atoms with Crippen LogP contribution in [0.4, 0.5) is 0 Å². The van der Waals surface area contributed by atoms with Gasteiger partial charge in [0, 0.05) is 0 Å². The summed E-state index contributed by atoms with van der Waals surface area (Å²) in [6.45, 7) is 3.61. The van der Waals surface area contributed by atoms with E-state index < -0.39 is 11.9 Å². The average molecular weight is 258 g/mol. The number of carbonyl (C=O) groups is 2. The highest BCUT2D eigenvalue weighted by Gasteiger charge is 2.28. The fraction of sp³-hybridized carbons (Fsp3) is 0.200. The van der Waals surface area contributed by atoms with Gasteiger partial charge in [0.2, 0.25) is 0 Å². The van der Waals surface area contributed by atoms with Gasteiger partial charge in [0.25, 0.3) is 0 Å². The lowest BCUT2D eigenvalue weighted by Gasteiger charge is -2.02. The summed E-state index contributed by atoms with van der Waals surface area (Å²) >= 11 is 0. The van der Waals surface area contributed by atoms with Gasteiger partial charge in [-0.25, -0.2) is 9.59 Å². The molecule has 19 heavy (non-hydrogen) atoms. The second-order valence-corrected chi connectivity index (χ2v) is 4.14. The Morgan fingerprint density at radius 3 is 2.21 bits per heavy atom. The van der Waals surface area contributed by atoms with Crippen molar-refractivity contribution in [3.8, 4) is 11.1 Å². The highest BCUT2D eigenvalue weighted by atomic mass is 16.5. The second-order valence-electron chi connectivity index (χ2n) is 4.14. The largest absolute Gasteiger partial charge is 0.478 e. The maximum absolute atomic E-state index is 12.0. The third-order valence-corrected chi connectivity index (χ3v) is 3.02. The molecule has 0 bridgehead atoms. The molecular formula is C15H14O4. The van der Waals surface area contributed by atoms with Crippen molar-refractivity contribution in [2.75, 3.05) is 6.61 Å². The molecule has 0 aromatic rings. The molecule has 0 unspecified atom stereocenters. The summed E-state index contributed by atoms with van der Waals surface area (Å²) in [5, 5.41) is 9.32. The van der Waals surface area contributed by atoms with E-state index in [4.69, 9.17) is 4.74 Å². The van der Waals surface area contributed by atoms with E-state index >= 15 is 0 Å². The van der Waals surface area contributed by atoms with Crippen molar-refractivity contribution in [1.82, 2.24) is 0 Å². The molecule has 0 spiro atoms. The lowest BCUT2D eigenvalue weighted by Crippen LogP contribution is -2.06. The van der Waals surface area contributed by atoms with Crippen LogP contribution in [-0.4, -0.2) is 23.7 Å². The van der Waals surface area contributed by atoms with Crippen molar-refractivity contribution < 1.29 is 19.4 Å². The Balaban J connectivity index is 2.76. The van der Waals surface area contributed by atoms with Gasteiger partial charge in [-0.3, -0.25) is 0 Å². The molecular weight excluding hydrogens is 244 g/mol. The minimum atomic E-state index is -1.04. The molecule has 0 heterocycles. The first-order valence-electron chi connectivity index (χ1n) is 5.99. The van der Waals surface area contributed by atoms with Crippen LogP contribution < -0.4 is 0 Å². The summed E-state index contributed by atoms with van der Waals surface area (Å²) in [4.78, 5) is 23.4. The zero-order valence-corrected chi connectivity index (χ0v) is 10.8. The van der Waals surface area contributed by atoms with Gasteiger partial charge in [0.1, 0.15) is 0 Å². The van der Waals surface area contributed by atoms with Crippen LogP contribution in [0.15, 0.2) is 30.3 Å². The Kier molecular flexibility index (Phi) is 3.51. The molecule has 2 aliphatic rings. The second kappa shape index (κ2) is 5.10. The monoisotopic (exact) mass is 258 g/mol. The zero-order chi connectivity index (χ0) is 14.0. The van der Waals surface area contributed by atoms with Gasteiger partial charge in [-0.2, -0.15) is 0 Å². The molecule has 0 amide bonds. The van der Waals surface area contributed by atoms with E-state index in [1.807, 2.05) is 0 Å². The molecule has 1 N–H and O–H groups in total. The summed E-state index contributed by atoms with van der Waals surface area (Å²) in [5.74, 6) is -1.52. The number of carbonyl (C=O) groups excluding carboxylic acids is 1. The fourth-order valence-corrected chi connectivity index (χ4v) is 2.25. The minimum Gasteiger partial charge on any atom is -0.478 e. The Morgan fingerprint density at radius 2 is 1.68 bits per heavy atom. The standard InChI is InChI=1S/C15H14O4/c1-3-19-15(18)13-9(2)12(14(16)17)10-7-5-4-6-8-11(10)13/h4-8H,3H2,1-2H3,(H,16,17). The maximum Gasteiger partial charge on any atom is 0.339 e. The van der Waals surface area contributed by atoms with Gasteiger partial charge in [-0.15, -0.1) is 0 Å². The van der Waals surface area contributed by atoms with E-state index in [9.17, 15) is 14.7 Å². The lowest BCUT2D eigenvalue weighted by atomic mass is 10.1. The Labute approximate surface area is 111 Å². The van der Waals surface area contributed by atoms with Crippen LogP contribution in [0.2, 0.25) is 0 Å². The van der Waals surface area contributed by atoms with Crippen LogP contribution in [-0.2, 0) is 4.74 Å². The van der Waals surface area contributed by atoms with Crippen LogP contribution in [0.3, 0.4) is 0 Å². The molecule has 98 valence electrons. The normalized spacial score (nSPS) is 10.4. The number of rotatable bonds is 3. The topological polar surface area (TPSA) is 63.6 Å². The molecule has 4 heteroatoms. The number of ether oxygens (including phenoxy) is 1. The van der Waals surface area contributed by atoms with Gasteiger partial charge in [0.15, 0.2) is 0 Å². The van der Waals surface area contributed by atoms with E-state index in [0.29, 0.717) is 22.3 Å². The number of carboxylic acid groups (broad SMARTS) is 1. The summed E-state index contributed by atoms with van der Waals surface area (Å²) in [7, 11) is 0. The van der Waals surface area contributed by atoms with E-state index in [0.717, 1.165) is 0 Å². The van der Waals surface area contributed by atoms with Crippen LogP contribution >= 0.6 is 0 Å². The van der Waals surface area contributed by atoms with Gasteiger partial charge in [-0.05, 0) is 30.5 Å². The number of hydrogen-bond donors (Lipinski definition) is 1. The third-order valence-electron chi connectivity index (χ3n) is 3.02. The number of esters is 1. The Bertz CT molecular complexity index is 616. The van der Waals surface area contributed by atoms with E-state index in [2.05, 4.69) is 0 Å². The quantitative estimate of drug-likeness (QED) is 0.860. The highest BCUT2D eigenvalue weighted by molar-refractivity contribution is 6.09. The predicted molar refractivity (Wildman–Crippen MR) is 70.7 cm³/mol. The number of aromatic carboxylic acids is 1. The summed E-state index contributed by atoms with van der Waals surface area (Å²) in [5.41, 5.74) is 2.11. The highest BCUT2D eigenvalue weighted by Crippen LogP contribution is 2.36. The smallest absolute Gasteiger partial charge is 0.339 e. The molecule has 0 aromatic heterocycles. The molecule has 0 fully saturated rings. The Hall–Kier alpha value is -2.36. The fourth-order valence-electron chi connectivity index (χ4n) is 2.25. The van der Waals surface area contributed by atoms with E-state index in [1.54, 1.807) is 44.2 Å². The number of fused-ring (bicyclic) bond motifs is 1. The van der Waals surface area contributed by atoms with Crippen molar-refractivity contribution in [2.45, 2.75) is 13.8 Å². The Morgan fingerprint density at radius 1 is 1.11 bits per heavy atom. The molecule has 4 nitrogen and oxygen atoms in total. The zero-order valence-electron chi connectivity index (χ0n) is 10.8. The van der Waals surface area contributed by atoms with Crippen LogP contribution in [0.5, 0.6) is 0 Å². The van der Waals surface area contributed by atoms with Gasteiger partial charge in [-0.1, -0.05) is 30.3 Å². The number of hydrogen-bond acceptors (Lipinski definition) is 3. The summed E-state index contributed by atoms with van der Waals surface area (Å²) < 4.78 is 5.01. The first kappa shape index (κ1) is 13.1. The van der Waals surface area contributed by atoms with Crippen molar-refractivity contribution >= 4 is 11.9 Å². The van der Waals surface area contributed by atoms with Crippen molar-refractivity contribution in [3.63, 3.8) is 0 Å². The van der Waals surface area contributed by atoms with Crippen molar-refractivity contribution in [1.29, 1.82) is 0 Å². The summed E-state index contributed by atoms with van der Waals surface area (Å²) in [6, 6.07) is 8.75. The molecule has 0 atom stereocenters. The predicted octanol–water partition coefficient (Wildman–Crippen LogP) is 2.97. The minimum absolute atomic E-state index is 0.161. The molecule has 0 radical (unpaired) electrons. The molecule has 0 aromatic carbocycles. The first-order chi connectivity index (χ1) is 9.07. The summed E-state index contributed by atoms with van der Waals surface area (Å²) in [6.07, 6.45) is 0. The molecule has 0 saturated carbocycles. The molecule has 0 aliphatic heterocycles. The van der Waals surface area contributed by atoms with Gasteiger partial charge >= 0.3 is 11.9 Å². The van der Waals surface area contributed by atoms with E-state index in [1.165, 1.54) is 0 Å².